The average molecular weight is 345 g/mol. The zero-order valence-electron chi connectivity index (χ0n) is 14.1. The van der Waals surface area contributed by atoms with Crippen molar-refractivity contribution in [3.05, 3.63) is 40.2 Å². The van der Waals surface area contributed by atoms with Gasteiger partial charge >= 0.3 is 0 Å². The third-order valence-corrected chi connectivity index (χ3v) is 5.15. The standard InChI is InChI=1S/C18H23N3O2S/c1-19-18(24)21(14-5-3-4-6-14)11-13-9-12-7-8-15(23-2)10-16(12)20-17(13)22/h7-10,14H,3-6,11H2,1-2H3,(H,19,24)(H,20,22). The maximum atomic E-state index is 12.5. The number of nitrogens with zero attached hydrogens (tertiary/aromatic N) is 1. The maximum Gasteiger partial charge on any atom is 0.253 e. The minimum absolute atomic E-state index is 0.0716. The molecule has 3 rings (SSSR count). The molecule has 1 fully saturated rings. The quantitative estimate of drug-likeness (QED) is 0.835. The molecule has 0 saturated heterocycles. The summed E-state index contributed by atoms with van der Waals surface area (Å²) in [6, 6.07) is 8.07. The van der Waals surface area contributed by atoms with Crippen molar-refractivity contribution in [3.63, 3.8) is 0 Å². The zero-order valence-corrected chi connectivity index (χ0v) is 14.9. The molecule has 128 valence electrons. The number of nitrogens with one attached hydrogen (secondary N) is 2. The molecular formula is C18H23N3O2S. The lowest BCUT2D eigenvalue weighted by atomic mass is 10.1. The number of aromatic nitrogens is 1. The molecule has 0 unspecified atom stereocenters. The van der Waals surface area contributed by atoms with Crippen LogP contribution in [-0.2, 0) is 6.54 Å². The number of hydrogen-bond acceptors (Lipinski definition) is 3. The van der Waals surface area contributed by atoms with Gasteiger partial charge in [-0.15, -0.1) is 0 Å². The SMILES string of the molecule is CNC(=S)N(Cc1cc2ccc(OC)cc2[nH]c1=O)C1CCCC1. The van der Waals surface area contributed by atoms with E-state index < -0.39 is 0 Å². The fourth-order valence-electron chi connectivity index (χ4n) is 3.38. The second-order valence-electron chi connectivity index (χ2n) is 6.20. The third-order valence-electron chi connectivity index (χ3n) is 4.71. The predicted octanol–water partition coefficient (Wildman–Crippen LogP) is 2.79. The molecule has 24 heavy (non-hydrogen) atoms. The highest BCUT2D eigenvalue weighted by atomic mass is 32.1. The Morgan fingerprint density at radius 2 is 2.12 bits per heavy atom. The number of ether oxygens (including phenoxy) is 1. The van der Waals surface area contributed by atoms with Crippen LogP contribution >= 0.6 is 12.2 Å². The highest BCUT2D eigenvalue weighted by molar-refractivity contribution is 7.80. The van der Waals surface area contributed by atoms with Gasteiger partial charge in [0.05, 0.1) is 19.2 Å². The van der Waals surface area contributed by atoms with Gasteiger partial charge in [-0.1, -0.05) is 12.8 Å². The van der Waals surface area contributed by atoms with Gasteiger partial charge in [0.15, 0.2) is 5.11 Å². The molecule has 1 aliphatic carbocycles. The molecule has 0 spiro atoms. The molecule has 5 nitrogen and oxygen atoms in total. The van der Waals surface area contributed by atoms with Crippen LogP contribution in [0.4, 0.5) is 0 Å². The Labute approximate surface area is 147 Å². The van der Waals surface area contributed by atoms with Gasteiger partial charge in [-0.3, -0.25) is 4.79 Å². The van der Waals surface area contributed by atoms with Crippen LogP contribution in [0.25, 0.3) is 10.9 Å². The summed E-state index contributed by atoms with van der Waals surface area (Å²) in [6.07, 6.45) is 4.71. The number of aromatic amines is 1. The molecule has 0 radical (unpaired) electrons. The van der Waals surface area contributed by atoms with Gasteiger partial charge in [0.1, 0.15) is 5.75 Å². The van der Waals surface area contributed by atoms with E-state index in [1.807, 2.05) is 31.3 Å². The van der Waals surface area contributed by atoms with E-state index in [1.165, 1.54) is 12.8 Å². The topological polar surface area (TPSA) is 57.4 Å². The minimum atomic E-state index is -0.0716. The molecule has 1 saturated carbocycles. The maximum absolute atomic E-state index is 12.5. The van der Waals surface area contributed by atoms with Crippen molar-refractivity contribution in [1.82, 2.24) is 15.2 Å². The Bertz CT molecular complexity index is 796. The van der Waals surface area contributed by atoms with Gasteiger partial charge in [0.2, 0.25) is 0 Å². The molecule has 2 aromatic rings. The van der Waals surface area contributed by atoms with Crippen molar-refractivity contribution in [3.8, 4) is 5.75 Å². The molecule has 1 aliphatic rings. The highest BCUT2D eigenvalue weighted by Gasteiger charge is 2.25. The lowest BCUT2D eigenvalue weighted by Crippen LogP contribution is -2.44. The Morgan fingerprint density at radius 3 is 2.79 bits per heavy atom. The normalized spacial score (nSPS) is 14.8. The van der Waals surface area contributed by atoms with E-state index >= 15 is 0 Å². The summed E-state index contributed by atoms with van der Waals surface area (Å²) in [4.78, 5) is 17.6. The van der Waals surface area contributed by atoms with E-state index in [2.05, 4.69) is 15.2 Å². The van der Waals surface area contributed by atoms with Crippen LogP contribution < -0.4 is 15.6 Å². The number of benzene rings is 1. The largest absolute Gasteiger partial charge is 0.497 e. The van der Waals surface area contributed by atoms with E-state index in [9.17, 15) is 4.79 Å². The predicted molar refractivity (Wildman–Crippen MR) is 101 cm³/mol. The van der Waals surface area contributed by atoms with Crippen molar-refractivity contribution in [2.45, 2.75) is 38.3 Å². The van der Waals surface area contributed by atoms with Gasteiger partial charge < -0.3 is 19.9 Å². The molecule has 1 heterocycles. The minimum Gasteiger partial charge on any atom is -0.497 e. The summed E-state index contributed by atoms with van der Waals surface area (Å²) < 4.78 is 5.21. The molecular weight excluding hydrogens is 322 g/mol. The van der Waals surface area contributed by atoms with Gasteiger partial charge in [-0.05, 0) is 48.6 Å². The van der Waals surface area contributed by atoms with Crippen molar-refractivity contribution >= 4 is 28.2 Å². The third kappa shape index (κ3) is 3.38. The molecule has 6 heteroatoms. The summed E-state index contributed by atoms with van der Waals surface area (Å²) in [5.41, 5.74) is 1.45. The van der Waals surface area contributed by atoms with Crippen LogP contribution in [0.3, 0.4) is 0 Å². The zero-order chi connectivity index (χ0) is 17.1. The highest BCUT2D eigenvalue weighted by Crippen LogP contribution is 2.25. The Hall–Kier alpha value is -2.08. The Morgan fingerprint density at radius 1 is 1.38 bits per heavy atom. The molecule has 0 amide bonds. The first-order valence-electron chi connectivity index (χ1n) is 8.30. The van der Waals surface area contributed by atoms with Crippen molar-refractivity contribution in [2.75, 3.05) is 14.2 Å². The van der Waals surface area contributed by atoms with E-state index in [0.717, 1.165) is 35.1 Å². The number of pyridine rings is 1. The lowest BCUT2D eigenvalue weighted by Gasteiger charge is -2.31. The van der Waals surface area contributed by atoms with Crippen molar-refractivity contribution in [1.29, 1.82) is 0 Å². The number of rotatable bonds is 4. The summed E-state index contributed by atoms with van der Waals surface area (Å²) in [5, 5.41) is 4.76. The van der Waals surface area contributed by atoms with Gasteiger partial charge in [0.25, 0.3) is 5.56 Å². The van der Waals surface area contributed by atoms with Crippen molar-refractivity contribution < 1.29 is 4.74 Å². The average Bonchev–Trinajstić information content (AvgIpc) is 3.13. The van der Waals surface area contributed by atoms with Gasteiger partial charge in [0, 0.05) is 24.7 Å². The van der Waals surface area contributed by atoms with Crippen LogP contribution in [0.1, 0.15) is 31.2 Å². The fourth-order valence-corrected chi connectivity index (χ4v) is 3.59. The summed E-state index contributed by atoms with van der Waals surface area (Å²) in [5.74, 6) is 0.731. The smallest absolute Gasteiger partial charge is 0.253 e. The number of fused-ring (bicyclic) bond motifs is 1. The van der Waals surface area contributed by atoms with E-state index in [1.54, 1.807) is 7.11 Å². The van der Waals surface area contributed by atoms with Crippen LogP contribution in [0.15, 0.2) is 29.1 Å². The Kier molecular flexibility index (Phi) is 5.04. The van der Waals surface area contributed by atoms with Crippen LogP contribution in [-0.4, -0.2) is 35.2 Å². The van der Waals surface area contributed by atoms with Crippen LogP contribution in [0.2, 0.25) is 0 Å². The summed E-state index contributed by atoms with van der Waals surface area (Å²) in [6.45, 7) is 0.529. The first-order valence-corrected chi connectivity index (χ1v) is 8.71. The lowest BCUT2D eigenvalue weighted by molar-refractivity contribution is 0.304. The summed E-state index contributed by atoms with van der Waals surface area (Å²) in [7, 11) is 3.45. The van der Waals surface area contributed by atoms with Crippen molar-refractivity contribution in [2.24, 2.45) is 0 Å². The second-order valence-corrected chi connectivity index (χ2v) is 6.58. The van der Waals surface area contributed by atoms with Crippen LogP contribution in [0.5, 0.6) is 5.75 Å². The first kappa shape index (κ1) is 16.8. The molecule has 2 N–H and O–H groups in total. The monoisotopic (exact) mass is 345 g/mol. The molecule has 0 aliphatic heterocycles. The fraction of sp³-hybridized carbons (Fsp3) is 0.444. The van der Waals surface area contributed by atoms with Gasteiger partial charge in [-0.2, -0.15) is 0 Å². The molecule has 1 aromatic heterocycles. The number of H-pyrrole nitrogens is 1. The number of thiocarbonyl (C=S) groups is 1. The van der Waals surface area contributed by atoms with E-state index in [0.29, 0.717) is 17.7 Å². The molecule has 0 bridgehead atoms. The van der Waals surface area contributed by atoms with E-state index in [4.69, 9.17) is 17.0 Å². The van der Waals surface area contributed by atoms with Gasteiger partial charge in [-0.25, -0.2) is 0 Å². The Balaban J connectivity index is 1.93. The second kappa shape index (κ2) is 7.21. The van der Waals surface area contributed by atoms with Crippen LogP contribution in [0, 0.1) is 0 Å². The first-order chi connectivity index (χ1) is 11.6. The van der Waals surface area contributed by atoms with E-state index in [-0.39, 0.29) is 5.56 Å². The number of methoxy groups -OCH3 is 1. The molecule has 1 aromatic carbocycles. The molecule has 0 atom stereocenters. The summed E-state index contributed by atoms with van der Waals surface area (Å²) >= 11 is 5.47. The number of hydrogen-bond donors (Lipinski definition) is 2.